The van der Waals surface area contributed by atoms with Gasteiger partial charge in [0.05, 0.1) is 5.69 Å². The summed E-state index contributed by atoms with van der Waals surface area (Å²) in [5, 5.41) is 0. The first-order chi connectivity index (χ1) is 4.63. The Morgan fingerprint density at radius 3 is 2.50 bits per heavy atom. The maximum absolute atomic E-state index is 10.8. The number of aromatic nitrogens is 1. The third-order valence-corrected chi connectivity index (χ3v) is 1.48. The SMILES string of the molecule is CC(=O)c1[nH]cc(C)c1N. The highest BCUT2D eigenvalue weighted by Crippen LogP contribution is 2.14. The first kappa shape index (κ1) is 6.86. The molecule has 10 heavy (non-hydrogen) atoms. The van der Waals surface area contributed by atoms with Crippen molar-refractivity contribution in [2.24, 2.45) is 0 Å². The molecule has 54 valence electrons. The molecule has 1 heterocycles. The maximum Gasteiger partial charge on any atom is 0.178 e. The van der Waals surface area contributed by atoms with E-state index >= 15 is 0 Å². The third kappa shape index (κ3) is 0.900. The van der Waals surface area contributed by atoms with Gasteiger partial charge in [0.15, 0.2) is 5.78 Å². The topological polar surface area (TPSA) is 58.9 Å². The molecule has 0 spiro atoms. The van der Waals surface area contributed by atoms with Crippen LogP contribution in [0.1, 0.15) is 23.0 Å². The summed E-state index contributed by atoms with van der Waals surface area (Å²) in [4.78, 5) is 13.6. The van der Waals surface area contributed by atoms with Gasteiger partial charge in [-0.3, -0.25) is 4.79 Å². The highest BCUT2D eigenvalue weighted by Gasteiger charge is 2.07. The molecule has 0 aliphatic rings. The van der Waals surface area contributed by atoms with Crippen LogP contribution in [0, 0.1) is 6.92 Å². The number of hydrogen-bond acceptors (Lipinski definition) is 2. The average Bonchev–Trinajstić information content (AvgIpc) is 2.14. The van der Waals surface area contributed by atoms with Crippen molar-refractivity contribution in [3.63, 3.8) is 0 Å². The fraction of sp³-hybridized carbons (Fsp3) is 0.286. The summed E-state index contributed by atoms with van der Waals surface area (Å²) in [5.74, 6) is -0.0226. The Balaban J connectivity index is 3.17. The molecule has 1 aromatic rings. The molecule has 0 amide bonds. The van der Waals surface area contributed by atoms with Crippen molar-refractivity contribution in [2.75, 3.05) is 5.73 Å². The standard InChI is InChI=1S/C7H10N2O/c1-4-3-9-7(5(2)10)6(4)8/h3,9H,8H2,1-2H3. The van der Waals surface area contributed by atoms with Crippen LogP contribution in [0.25, 0.3) is 0 Å². The van der Waals surface area contributed by atoms with Crippen LogP contribution in [0.5, 0.6) is 0 Å². The molecule has 3 nitrogen and oxygen atoms in total. The molecule has 0 aliphatic carbocycles. The van der Waals surface area contributed by atoms with Crippen molar-refractivity contribution in [1.29, 1.82) is 0 Å². The van der Waals surface area contributed by atoms with Gasteiger partial charge in [-0.25, -0.2) is 0 Å². The number of nitrogens with two attached hydrogens (primary N) is 1. The van der Waals surface area contributed by atoms with Crippen molar-refractivity contribution in [3.8, 4) is 0 Å². The van der Waals surface area contributed by atoms with Crippen molar-refractivity contribution in [1.82, 2.24) is 4.98 Å². The van der Waals surface area contributed by atoms with Crippen molar-refractivity contribution < 1.29 is 4.79 Å². The Labute approximate surface area is 59.2 Å². The number of ketones is 1. The van der Waals surface area contributed by atoms with E-state index in [-0.39, 0.29) is 5.78 Å². The number of aryl methyl sites for hydroxylation is 1. The van der Waals surface area contributed by atoms with E-state index < -0.39 is 0 Å². The fourth-order valence-electron chi connectivity index (χ4n) is 0.824. The zero-order chi connectivity index (χ0) is 7.72. The van der Waals surface area contributed by atoms with Crippen molar-refractivity contribution in [3.05, 3.63) is 17.5 Å². The summed E-state index contributed by atoms with van der Waals surface area (Å²) in [5.41, 5.74) is 7.55. The number of nitrogen functional groups attached to an aromatic ring is 1. The van der Waals surface area contributed by atoms with Crippen LogP contribution in [-0.2, 0) is 0 Å². The molecule has 0 saturated carbocycles. The zero-order valence-electron chi connectivity index (χ0n) is 6.06. The van der Waals surface area contributed by atoms with Crippen molar-refractivity contribution in [2.45, 2.75) is 13.8 Å². The van der Waals surface area contributed by atoms with Crippen LogP contribution in [0.3, 0.4) is 0 Å². The molecule has 0 aromatic carbocycles. The predicted molar refractivity (Wildman–Crippen MR) is 39.9 cm³/mol. The highest BCUT2D eigenvalue weighted by atomic mass is 16.1. The molecule has 3 heteroatoms. The van der Waals surface area contributed by atoms with Crippen LogP contribution in [0.15, 0.2) is 6.20 Å². The lowest BCUT2D eigenvalue weighted by molar-refractivity contribution is 0.101. The molecule has 0 radical (unpaired) electrons. The van der Waals surface area contributed by atoms with Crippen LogP contribution in [0.4, 0.5) is 5.69 Å². The van der Waals surface area contributed by atoms with Crippen LogP contribution in [0.2, 0.25) is 0 Å². The summed E-state index contributed by atoms with van der Waals surface area (Å²) < 4.78 is 0. The fourth-order valence-corrected chi connectivity index (χ4v) is 0.824. The molecule has 0 saturated heterocycles. The van der Waals surface area contributed by atoms with E-state index in [2.05, 4.69) is 4.98 Å². The van der Waals surface area contributed by atoms with E-state index in [9.17, 15) is 4.79 Å². The Bertz CT molecular complexity index is 263. The number of aromatic amines is 1. The second kappa shape index (κ2) is 2.17. The molecule has 0 fully saturated rings. The molecule has 1 rings (SSSR count). The van der Waals surface area contributed by atoms with E-state index in [0.29, 0.717) is 11.4 Å². The molecule has 3 N–H and O–H groups in total. The number of Topliss-reactive ketones (excluding diaryl/α,β-unsaturated/α-hetero) is 1. The third-order valence-electron chi connectivity index (χ3n) is 1.48. The smallest absolute Gasteiger partial charge is 0.178 e. The number of rotatable bonds is 1. The number of nitrogens with one attached hydrogen (secondary N) is 1. The number of H-pyrrole nitrogens is 1. The minimum atomic E-state index is -0.0226. The lowest BCUT2D eigenvalue weighted by Gasteiger charge is -1.91. The van der Waals surface area contributed by atoms with Gasteiger partial charge in [0.25, 0.3) is 0 Å². The van der Waals surface area contributed by atoms with Gasteiger partial charge < -0.3 is 10.7 Å². The Kier molecular flexibility index (Phi) is 1.49. The second-order valence-corrected chi connectivity index (χ2v) is 2.32. The molecule has 0 aliphatic heterocycles. The Morgan fingerprint density at radius 1 is 1.70 bits per heavy atom. The molecule has 0 bridgehead atoms. The highest BCUT2D eigenvalue weighted by molar-refractivity contribution is 5.97. The van der Waals surface area contributed by atoms with E-state index in [1.54, 1.807) is 6.20 Å². The molecular formula is C7H10N2O. The maximum atomic E-state index is 10.8. The lowest BCUT2D eigenvalue weighted by atomic mass is 10.2. The van der Waals surface area contributed by atoms with Gasteiger partial charge in [-0.2, -0.15) is 0 Å². The quantitative estimate of drug-likeness (QED) is 0.571. The number of hydrogen-bond donors (Lipinski definition) is 2. The van der Waals surface area contributed by atoms with Gasteiger partial charge in [0.1, 0.15) is 5.69 Å². The molecule has 0 atom stereocenters. The average molecular weight is 138 g/mol. The molecule has 1 aromatic heterocycles. The van der Waals surface area contributed by atoms with E-state index in [4.69, 9.17) is 5.73 Å². The molecular weight excluding hydrogens is 128 g/mol. The summed E-state index contributed by atoms with van der Waals surface area (Å²) >= 11 is 0. The summed E-state index contributed by atoms with van der Waals surface area (Å²) in [6.45, 7) is 3.35. The van der Waals surface area contributed by atoms with Crippen LogP contribution in [-0.4, -0.2) is 10.8 Å². The number of anilines is 1. The monoisotopic (exact) mass is 138 g/mol. The minimum absolute atomic E-state index is 0.0226. The van der Waals surface area contributed by atoms with Crippen LogP contribution < -0.4 is 5.73 Å². The van der Waals surface area contributed by atoms with Gasteiger partial charge in [-0.15, -0.1) is 0 Å². The summed E-state index contributed by atoms with van der Waals surface area (Å²) in [6.07, 6.45) is 1.73. The Hall–Kier alpha value is -1.25. The van der Waals surface area contributed by atoms with E-state index in [0.717, 1.165) is 5.56 Å². The van der Waals surface area contributed by atoms with Gasteiger partial charge >= 0.3 is 0 Å². The van der Waals surface area contributed by atoms with E-state index in [1.165, 1.54) is 6.92 Å². The second-order valence-electron chi connectivity index (χ2n) is 2.32. The van der Waals surface area contributed by atoms with Gasteiger partial charge in [-0.05, 0) is 12.5 Å². The predicted octanol–water partition coefficient (Wildman–Crippen LogP) is 1.11. The molecule has 0 unspecified atom stereocenters. The van der Waals surface area contributed by atoms with Crippen LogP contribution >= 0.6 is 0 Å². The number of carbonyl (C=O) groups is 1. The summed E-state index contributed by atoms with van der Waals surface area (Å²) in [6, 6.07) is 0. The first-order valence-corrected chi connectivity index (χ1v) is 3.07. The number of carbonyl (C=O) groups excluding carboxylic acids is 1. The van der Waals surface area contributed by atoms with Crippen molar-refractivity contribution >= 4 is 11.5 Å². The van der Waals surface area contributed by atoms with E-state index in [1.807, 2.05) is 6.92 Å². The van der Waals surface area contributed by atoms with Gasteiger partial charge in [0.2, 0.25) is 0 Å². The zero-order valence-corrected chi connectivity index (χ0v) is 6.06. The Morgan fingerprint density at radius 2 is 2.30 bits per heavy atom. The summed E-state index contributed by atoms with van der Waals surface area (Å²) in [7, 11) is 0. The van der Waals surface area contributed by atoms with Gasteiger partial charge in [-0.1, -0.05) is 0 Å². The first-order valence-electron chi connectivity index (χ1n) is 3.07. The largest absolute Gasteiger partial charge is 0.397 e. The lowest BCUT2D eigenvalue weighted by Crippen LogP contribution is -1.97. The normalized spacial score (nSPS) is 9.80. The van der Waals surface area contributed by atoms with Gasteiger partial charge in [0, 0.05) is 13.1 Å². The minimum Gasteiger partial charge on any atom is -0.397 e.